The van der Waals surface area contributed by atoms with Gasteiger partial charge in [-0.2, -0.15) is 0 Å². The Hall–Kier alpha value is -1.14. The molecule has 1 amide bonds. The molecule has 0 radical (unpaired) electrons. The Labute approximate surface area is 133 Å². The SMILES string of the molecule is Cc1cccc(CSCC(=O)N2C(C)SCC2C(=O)O)c1. The molecule has 1 aliphatic rings. The van der Waals surface area contributed by atoms with Crippen LogP contribution in [0, 0.1) is 6.92 Å². The van der Waals surface area contributed by atoms with Crippen molar-refractivity contribution in [1.29, 1.82) is 0 Å². The van der Waals surface area contributed by atoms with Gasteiger partial charge in [0.1, 0.15) is 6.04 Å². The molecule has 1 saturated heterocycles. The molecule has 1 N–H and O–H groups in total. The lowest BCUT2D eigenvalue weighted by Gasteiger charge is -2.24. The van der Waals surface area contributed by atoms with Crippen LogP contribution in [0.2, 0.25) is 0 Å². The molecular formula is C15H19NO3S2. The zero-order valence-electron chi connectivity index (χ0n) is 12.1. The lowest BCUT2D eigenvalue weighted by molar-refractivity contribution is -0.147. The van der Waals surface area contributed by atoms with Crippen LogP contribution in [0.5, 0.6) is 0 Å². The summed E-state index contributed by atoms with van der Waals surface area (Å²) in [4.78, 5) is 24.9. The molecule has 4 nitrogen and oxygen atoms in total. The van der Waals surface area contributed by atoms with Crippen molar-refractivity contribution in [3.63, 3.8) is 0 Å². The maximum atomic E-state index is 12.3. The predicted octanol–water partition coefficient (Wildman–Crippen LogP) is 2.60. The highest BCUT2D eigenvalue weighted by atomic mass is 32.2. The number of aryl methyl sites for hydroxylation is 1. The van der Waals surface area contributed by atoms with Crippen LogP contribution in [0.1, 0.15) is 18.1 Å². The van der Waals surface area contributed by atoms with E-state index in [2.05, 4.69) is 6.07 Å². The average molecular weight is 325 g/mol. The summed E-state index contributed by atoms with van der Waals surface area (Å²) in [5.41, 5.74) is 2.39. The van der Waals surface area contributed by atoms with E-state index in [9.17, 15) is 14.7 Å². The number of rotatable bonds is 5. The van der Waals surface area contributed by atoms with Gasteiger partial charge in [0.2, 0.25) is 5.91 Å². The third-order valence-electron chi connectivity index (χ3n) is 3.37. The second-order valence-corrected chi connectivity index (χ2v) is 7.40. The lowest BCUT2D eigenvalue weighted by Crippen LogP contribution is -2.45. The maximum Gasteiger partial charge on any atom is 0.327 e. The monoisotopic (exact) mass is 325 g/mol. The van der Waals surface area contributed by atoms with Crippen LogP contribution in [-0.4, -0.2) is 44.8 Å². The van der Waals surface area contributed by atoms with Crippen LogP contribution in [0.4, 0.5) is 0 Å². The van der Waals surface area contributed by atoms with E-state index in [0.29, 0.717) is 11.5 Å². The number of carbonyl (C=O) groups is 2. The van der Waals surface area contributed by atoms with Gasteiger partial charge in [-0.3, -0.25) is 4.79 Å². The van der Waals surface area contributed by atoms with Crippen LogP contribution in [-0.2, 0) is 15.3 Å². The van der Waals surface area contributed by atoms with Crippen molar-refractivity contribution in [3.8, 4) is 0 Å². The number of amides is 1. The normalized spacial score (nSPS) is 21.5. The van der Waals surface area contributed by atoms with Crippen molar-refractivity contribution in [2.24, 2.45) is 0 Å². The molecule has 114 valence electrons. The van der Waals surface area contributed by atoms with Crippen LogP contribution >= 0.6 is 23.5 Å². The van der Waals surface area contributed by atoms with Crippen LogP contribution in [0.3, 0.4) is 0 Å². The van der Waals surface area contributed by atoms with Gasteiger partial charge < -0.3 is 10.0 Å². The number of hydrogen-bond donors (Lipinski definition) is 1. The molecule has 6 heteroatoms. The van der Waals surface area contributed by atoms with E-state index in [4.69, 9.17) is 0 Å². The van der Waals surface area contributed by atoms with Crippen molar-refractivity contribution in [2.75, 3.05) is 11.5 Å². The summed E-state index contributed by atoms with van der Waals surface area (Å²) >= 11 is 3.05. The largest absolute Gasteiger partial charge is 0.480 e. The molecule has 0 spiro atoms. The molecule has 0 aromatic heterocycles. The van der Waals surface area contributed by atoms with Gasteiger partial charge in [-0.1, -0.05) is 29.8 Å². The number of carboxylic acids is 1. The Kier molecular flexibility index (Phi) is 5.58. The van der Waals surface area contributed by atoms with E-state index in [1.807, 2.05) is 32.0 Å². The minimum atomic E-state index is -0.913. The predicted molar refractivity (Wildman–Crippen MR) is 87.5 cm³/mol. The number of carboxylic acid groups (broad SMARTS) is 1. The van der Waals surface area contributed by atoms with Gasteiger partial charge in [-0.15, -0.1) is 23.5 Å². The molecule has 1 heterocycles. The number of nitrogens with zero attached hydrogens (tertiary/aromatic N) is 1. The minimum absolute atomic E-state index is 0.0573. The molecule has 2 rings (SSSR count). The summed E-state index contributed by atoms with van der Waals surface area (Å²) in [5, 5.41) is 9.11. The highest BCUT2D eigenvalue weighted by molar-refractivity contribution is 8.00. The second kappa shape index (κ2) is 7.22. The molecule has 2 unspecified atom stereocenters. The zero-order valence-corrected chi connectivity index (χ0v) is 13.7. The molecule has 2 atom stereocenters. The quantitative estimate of drug-likeness (QED) is 0.902. The zero-order chi connectivity index (χ0) is 15.4. The van der Waals surface area contributed by atoms with Crippen LogP contribution in [0.15, 0.2) is 24.3 Å². The van der Waals surface area contributed by atoms with Crippen molar-refractivity contribution in [3.05, 3.63) is 35.4 Å². The number of thioether (sulfide) groups is 2. The first kappa shape index (κ1) is 16.2. The molecule has 1 aromatic rings. The van der Waals surface area contributed by atoms with Gasteiger partial charge in [0, 0.05) is 11.5 Å². The van der Waals surface area contributed by atoms with Gasteiger partial charge in [0.15, 0.2) is 0 Å². The number of hydrogen-bond acceptors (Lipinski definition) is 4. The molecule has 0 saturated carbocycles. The fourth-order valence-electron chi connectivity index (χ4n) is 2.34. The van der Waals surface area contributed by atoms with E-state index in [0.717, 1.165) is 5.75 Å². The fourth-order valence-corrected chi connectivity index (χ4v) is 4.37. The number of aliphatic carboxylic acids is 1. The Morgan fingerprint density at radius 1 is 1.48 bits per heavy atom. The lowest BCUT2D eigenvalue weighted by atomic mass is 10.2. The first-order valence-electron chi connectivity index (χ1n) is 6.78. The summed E-state index contributed by atoms with van der Waals surface area (Å²) in [6.45, 7) is 3.93. The second-order valence-electron chi connectivity index (χ2n) is 5.07. The molecule has 1 fully saturated rings. The Morgan fingerprint density at radius 2 is 2.24 bits per heavy atom. The third-order valence-corrected chi connectivity index (χ3v) is 5.58. The van der Waals surface area contributed by atoms with Gasteiger partial charge in [-0.05, 0) is 19.4 Å². The van der Waals surface area contributed by atoms with E-state index in [1.165, 1.54) is 39.6 Å². The average Bonchev–Trinajstić information content (AvgIpc) is 2.81. The van der Waals surface area contributed by atoms with Crippen molar-refractivity contribution in [1.82, 2.24) is 4.90 Å². The topological polar surface area (TPSA) is 57.6 Å². The Morgan fingerprint density at radius 3 is 2.90 bits per heavy atom. The summed E-state index contributed by atoms with van der Waals surface area (Å²) in [6, 6.07) is 7.51. The van der Waals surface area contributed by atoms with E-state index < -0.39 is 12.0 Å². The maximum absolute atomic E-state index is 12.3. The van der Waals surface area contributed by atoms with Crippen molar-refractivity contribution in [2.45, 2.75) is 31.0 Å². The molecular weight excluding hydrogens is 306 g/mol. The first-order valence-corrected chi connectivity index (χ1v) is 8.98. The highest BCUT2D eigenvalue weighted by Crippen LogP contribution is 2.29. The summed E-state index contributed by atoms with van der Waals surface area (Å²) < 4.78 is 0. The summed E-state index contributed by atoms with van der Waals surface area (Å²) in [7, 11) is 0. The highest BCUT2D eigenvalue weighted by Gasteiger charge is 2.38. The van der Waals surface area contributed by atoms with Crippen LogP contribution < -0.4 is 0 Å². The standard InChI is InChI=1S/C15H19NO3S2/c1-10-4-3-5-12(6-10)7-20-9-14(17)16-11(2)21-8-13(16)15(18)19/h3-6,11,13H,7-9H2,1-2H3,(H,18,19). The van der Waals surface area contributed by atoms with Crippen molar-refractivity contribution < 1.29 is 14.7 Å². The Balaban J connectivity index is 1.88. The van der Waals surface area contributed by atoms with E-state index in [1.54, 1.807) is 0 Å². The molecule has 1 aromatic carbocycles. The number of benzene rings is 1. The molecule has 1 aliphatic heterocycles. The molecule has 0 aliphatic carbocycles. The van der Waals surface area contributed by atoms with Crippen LogP contribution in [0.25, 0.3) is 0 Å². The Bertz CT molecular complexity index is 535. The van der Waals surface area contributed by atoms with Crippen molar-refractivity contribution >= 4 is 35.4 Å². The smallest absolute Gasteiger partial charge is 0.327 e. The summed E-state index contributed by atoms with van der Waals surface area (Å²) in [5.74, 6) is 0.565. The molecule has 21 heavy (non-hydrogen) atoms. The van der Waals surface area contributed by atoms with Gasteiger partial charge >= 0.3 is 5.97 Å². The van der Waals surface area contributed by atoms with Gasteiger partial charge in [-0.25, -0.2) is 4.79 Å². The third kappa shape index (κ3) is 4.17. The van der Waals surface area contributed by atoms with E-state index in [-0.39, 0.29) is 11.3 Å². The molecule has 0 bridgehead atoms. The van der Waals surface area contributed by atoms with Gasteiger partial charge in [0.05, 0.1) is 11.1 Å². The summed E-state index contributed by atoms with van der Waals surface area (Å²) in [6.07, 6.45) is 0. The van der Waals surface area contributed by atoms with Gasteiger partial charge in [0.25, 0.3) is 0 Å². The first-order chi connectivity index (χ1) is 9.99. The van der Waals surface area contributed by atoms with E-state index >= 15 is 0 Å². The fraction of sp³-hybridized carbons (Fsp3) is 0.467. The minimum Gasteiger partial charge on any atom is -0.480 e. The number of carbonyl (C=O) groups excluding carboxylic acids is 1.